The van der Waals surface area contributed by atoms with E-state index >= 15 is 0 Å². The molecule has 0 bridgehead atoms. The first kappa shape index (κ1) is 11.2. The molecule has 0 fully saturated rings. The molecule has 0 saturated heterocycles. The predicted molar refractivity (Wildman–Crippen MR) is 48.8 cm³/mol. The fourth-order valence-electron chi connectivity index (χ4n) is 1.18. The van der Waals surface area contributed by atoms with Gasteiger partial charge in [0.15, 0.2) is 5.78 Å². The smallest absolute Gasteiger partial charge is 0.294 e. The Labute approximate surface area is 83.6 Å². The molecule has 0 spiro atoms. The van der Waals surface area contributed by atoms with Crippen molar-refractivity contribution in [2.45, 2.75) is 26.4 Å². The van der Waals surface area contributed by atoms with E-state index in [0.29, 0.717) is 4.88 Å². The van der Waals surface area contributed by atoms with Gasteiger partial charge in [0, 0.05) is 15.3 Å². The van der Waals surface area contributed by atoms with Crippen molar-refractivity contribution >= 4 is 17.1 Å². The van der Waals surface area contributed by atoms with Gasteiger partial charge in [-0.2, -0.15) is 13.2 Å². The van der Waals surface area contributed by atoms with Crippen LogP contribution >= 0.6 is 11.3 Å². The average Bonchev–Trinajstić information content (AvgIpc) is 2.26. The van der Waals surface area contributed by atoms with Crippen molar-refractivity contribution in [3.8, 4) is 0 Å². The summed E-state index contributed by atoms with van der Waals surface area (Å²) in [7, 11) is 0. The molecule has 78 valence electrons. The molecule has 0 radical (unpaired) electrons. The maximum atomic E-state index is 11.9. The molecule has 1 aromatic rings. The van der Waals surface area contributed by atoms with Crippen LogP contribution in [-0.4, -0.2) is 12.0 Å². The maximum absolute atomic E-state index is 11.9. The lowest BCUT2D eigenvalue weighted by Crippen LogP contribution is -2.15. The van der Waals surface area contributed by atoms with Crippen molar-refractivity contribution in [1.82, 2.24) is 0 Å². The Kier molecular flexibility index (Phi) is 2.99. The van der Waals surface area contributed by atoms with E-state index < -0.39 is 18.4 Å². The summed E-state index contributed by atoms with van der Waals surface area (Å²) >= 11 is 1.34. The normalized spacial score (nSPS) is 11.8. The average molecular weight is 222 g/mol. The highest BCUT2D eigenvalue weighted by Crippen LogP contribution is 2.26. The number of hydrogen-bond acceptors (Lipinski definition) is 2. The molecule has 0 aliphatic heterocycles. The Bertz CT molecular complexity index is 351. The lowest BCUT2D eigenvalue weighted by Gasteiger charge is -2.04. The monoisotopic (exact) mass is 222 g/mol. The van der Waals surface area contributed by atoms with Crippen LogP contribution in [0.4, 0.5) is 13.2 Å². The molecular weight excluding hydrogens is 213 g/mol. The van der Waals surface area contributed by atoms with Crippen LogP contribution < -0.4 is 0 Å². The minimum atomic E-state index is -4.42. The Morgan fingerprint density at radius 3 is 2.36 bits per heavy atom. The van der Waals surface area contributed by atoms with Crippen molar-refractivity contribution in [2.75, 3.05) is 0 Å². The zero-order chi connectivity index (χ0) is 10.9. The Morgan fingerprint density at radius 2 is 2.00 bits per heavy atom. The number of ketones is 1. The van der Waals surface area contributed by atoms with Crippen LogP contribution in [0.3, 0.4) is 0 Å². The molecule has 0 unspecified atom stereocenters. The van der Waals surface area contributed by atoms with Gasteiger partial charge in [0.25, 0.3) is 0 Å². The maximum Gasteiger partial charge on any atom is 0.396 e. The van der Waals surface area contributed by atoms with Gasteiger partial charge in [0.1, 0.15) is 6.42 Å². The molecular formula is C9H9F3OS. The number of Topliss-reactive ketones (excluding diaryl/α,β-unsaturated/α-hetero) is 1. The van der Waals surface area contributed by atoms with E-state index in [1.54, 1.807) is 13.8 Å². The third-order valence-corrected chi connectivity index (χ3v) is 2.67. The number of aryl methyl sites for hydroxylation is 2. The first-order valence-corrected chi connectivity index (χ1v) is 4.78. The summed E-state index contributed by atoms with van der Waals surface area (Å²) in [5.41, 5.74) is 0.199. The van der Waals surface area contributed by atoms with Gasteiger partial charge in [-0.1, -0.05) is 0 Å². The third-order valence-electron chi connectivity index (χ3n) is 1.70. The number of rotatable bonds is 2. The van der Waals surface area contributed by atoms with Gasteiger partial charge in [0.05, 0.1) is 0 Å². The van der Waals surface area contributed by atoms with Crippen molar-refractivity contribution in [3.05, 3.63) is 21.4 Å². The van der Waals surface area contributed by atoms with E-state index in [0.717, 1.165) is 4.88 Å². The predicted octanol–water partition coefficient (Wildman–Crippen LogP) is 3.50. The van der Waals surface area contributed by atoms with Crippen molar-refractivity contribution < 1.29 is 18.0 Å². The quantitative estimate of drug-likeness (QED) is 0.700. The molecule has 0 aliphatic rings. The Hall–Kier alpha value is -0.840. The topological polar surface area (TPSA) is 17.1 Å². The molecule has 14 heavy (non-hydrogen) atoms. The second kappa shape index (κ2) is 3.73. The molecule has 0 atom stereocenters. The number of alkyl halides is 3. The summed E-state index contributed by atoms with van der Waals surface area (Å²) in [5, 5.41) is 0. The van der Waals surface area contributed by atoms with Crippen LogP contribution in [0.5, 0.6) is 0 Å². The molecule has 1 nitrogen and oxygen atoms in total. The lowest BCUT2D eigenvalue weighted by molar-refractivity contribution is -0.125. The highest BCUT2D eigenvalue weighted by molar-refractivity contribution is 7.12. The standard InChI is InChI=1S/C9H9F3OS/c1-5-3-7(6(2)14-5)8(13)4-9(10,11)12/h3H,4H2,1-2H3. The van der Waals surface area contributed by atoms with Crippen molar-refractivity contribution in [2.24, 2.45) is 0 Å². The summed E-state index contributed by atoms with van der Waals surface area (Å²) in [5.74, 6) is -0.848. The largest absolute Gasteiger partial charge is 0.396 e. The number of halogens is 3. The van der Waals surface area contributed by atoms with Crippen molar-refractivity contribution in [1.29, 1.82) is 0 Å². The van der Waals surface area contributed by atoms with Crippen LogP contribution in [0.2, 0.25) is 0 Å². The second-order valence-electron chi connectivity index (χ2n) is 3.04. The Balaban J connectivity index is 2.85. The number of carbonyl (C=O) groups is 1. The van der Waals surface area contributed by atoms with E-state index in [2.05, 4.69) is 0 Å². The minimum Gasteiger partial charge on any atom is -0.294 e. The number of thiophene rings is 1. The highest BCUT2D eigenvalue weighted by atomic mass is 32.1. The second-order valence-corrected chi connectivity index (χ2v) is 4.50. The summed E-state index contributed by atoms with van der Waals surface area (Å²) in [4.78, 5) is 12.7. The van der Waals surface area contributed by atoms with Gasteiger partial charge in [-0.25, -0.2) is 0 Å². The van der Waals surface area contributed by atoms with Gasteiger partial charge >= 0.3 is 6.18 Å². The van der Waals surface area contributed by atoms with Crippen LogP contribution in [0.15, 0.2) is 6.07 Å². The summed E-state index contributed by atoms with van der Waals surface area (Å²) in [6, 6.07) is 1.51. The number of carbonyl (C=O) groups excluding carboxylic acids is 1. The molecule has 0 aromatic carbocycles. The van der Waals surface area contributed by atoms with E-state index in [1.807, 2.05) is 0 Å². The zero-order valence-electron chi connectivity index (χ0n) is 7.73. The highest BCUT2D eigenvalue weighted by Gasteiger charge is 2.32. The van der Waals surface area contributed by atoms with Crippen LogP contribution in [0.1, 0.15) is 26.5 Å². The molecule has 0 aliphatic carbocycles. The van der Waals surface area contributed by atoms with Gasteiger partial charge in [-0.15, -0.1) is 11.3 Å². The van der Waals surface area contributed by atoms with E-state index in [4.69, 9.17) is 0 Å². The number of hydrogen-bond donors (Lipinski definition) is 0. The van der Waals surface area contributed by atoms with E-state index in [1.165, 1.54) is 17.4 Å². The molecule has 1 heterocycles. The Morgan fingerprint density at radius 1 is 1.43 bits per heavy atom. The fraction of sp³-hybridized carbons (Fsp3) is 0.444. The molecule has 1 rings (SSSR count). The summed E-state index contributed by atoms with van der Waals surface area (Å²) in [6.07, 6.45) is -5.79. The minimum absolute atomic E-state index is 0.199. The van der Waals surface area contributed by atoms with Crippen molar-refractivity contribution in [3.63, 3.8) is 0 Å². The van der Waals surface area contributed by atoms with Crippen LogP contribution in [0, 0.1) is 13.8 Å². The molecule has 0 N–H and O–H groups in total. The first-order chi connectivity index (χ1) is 6.29. The molecule has 1 aromatic heterocycles. The third kappa shape index (κ3) is 2.83. The molecule has 0 saturated carbocycles. The molecule has 0 amide bonds. The zero-order valence-corrected chi connectivity index (χ0v) is 8.55. The SMILES string of the molecule is Cc1cc(C(=O)CC(F)(F)F)c(C)s1. The molecule has 5 heteroatoms. The van der Waals surface area contributed by atoms with Gasteiger partial charge in [0.2, 0.25) is 0 Å². The lowest BCUT2D eigenvalue weighted by atomic mass is 10.1. The van der Waals surface area contributed by atoms with E-state index in [-0.39, 0.29) is 5.56 Å². The van der Waals surface area contributed by atoms with Crippen LogP contribution in [-0.2, 0) is 0 Å². The summed E-state index contributed by atoms with van der Waals surface area (Å²) in [6.45, 7) is 3.42. The fourth-order valence-corrected chi connectivity index (χ4v) is 2.13. The van der Waals surface area contributed by atoms with E-state index in [9.17, 15) is 18.0 Å². The van der Waals surface area contributed by atoms with Gasteiger partial charge in [-0.3, -0.25) is 4.79 Å². The summed E-state index contributed by atoms with van der Waals surface area (Å²) < 4.78 is 35.7. The van der Waals surface area contributed by atoms with Gasteiger partial charge in [-0.05, 0) is 19.9 Å². The van der Waals surface area contributed by atoms with Gasteiger partial charge < -0.3 is 0 Å². The first-order valence-electron chi connectivity index (χ1n) is 3.96. The van der Waals surface area contributed by atoms with Crippen LogP contribution in [0.25, 0.3) is 0 Å².